The first-order chi connectivity index (χ1) is 9.22. The zero-order valence-electron chi connectivity index (χ0n) is 10.9. The predicted octanol–water partition coefficient (Wildman–Crippen LogP) is 2.25. The minimum atomic E-state index is 0.0482. The summed E-state index contributed by atoms with van der Waals surface area (Å²) in [4.78, 5) is 18.4. The fourth-order valence-electron chi connectivity index (χ4n) is 2.49. The Bertz CT molecular complexity index is 552. The highest BCUT2D eigenvalue weighted by Crippen LogP contribution is 2.30. The Morgan fingerprint density at radius 1 is 1.58 bits per heavy atom. The summed E-state index contributed by atoms with van der Waals surface area (Å²) in [5, 5.41) is 3.05. The molecule has 1 N–H and O–H groups in total. The molecule has 2 heterocycles. The van der Waals surface area contributed by atoms with Crippen molar-refractivity contribution in [3.8, 4) is 0 Å². The van der Waals surface area contributed by atoms with Crippen molar-refractivity contribution in [2.24, 2.45) is 0 Å². The van der Waals surface area contributed by atoms with Crippen LogP contribution in [-0.4, -0.2) is 21.5 Å². The minimum Gasteiger partial charge on any atom is -0.347 e. The Labute approximate surface area is 116 Å². The smallest absolute Gasteiger partial charge is 0.261 e. The molecule has 4 nitrogen and oxygen atoms in total. The van der Waals surface area contributed by atoms with Gasteiger partial charge >= 0.3 is 0 Å². The highest BCUT2D eigenvalue weighted by Gasteiger charge is 2.19. The zero-order chi connectivity index (χ0) is 13.2. The third-order valence-corrected chi connectivity index (χ3v) is 4.63. The van der Waals surface area contributed by atoms with E-state index < -0.39 is 0 Å². The fourth-order valence-corrected chi connectivity index (χ4v) is 3.65. The summed E-state index contributed by atoms with van der Waals surface area (Å²) in [6, 6.07) is 2.16. The van der Waals surface area contributed by atoms with Crippen molar-refractivity contribution in [3.63, 3.8) is 0 Å². The molecule has 0 saturated carbocycles. The van der Waals surface area contributed by atoms with E-state index in [1.807, 2.05) is 17.7 Å². The highest BCUT2D eigenvalue weighted by atomic mass is 32.1. The quantitative estimate of drug-likeness (QED) is 0.930. The van der Waals surface area contributed by atoms with Crippen LogP contribution in [0.1, 0.15) is 33.5 Å². The summed E-state index contributed by atoms with van der Waals surface area (Å²) in [5.41, 5.74) is 1.37. The maximum absolute atomic E-state index is 12.2. The number of hydrogen-bond donors (Lipinski definition) is 1. The van der Waals surface area contributed by atoms with Crippen LogP contribution in [0.5, 0.6) is 0 Å². The van der Waals surface area contributed by atoms with Gasteiger partial charge in [0.1, 0.15) is 0 Å². The lowest BCUT2D eigenvalue weighted by Crippen LogP contribution is -2.35. The molecule has 0 aliphatic heterocycles. The molecular weight excluding hydrogens is 258 g/mol. The molecular formula is C14H17N3OS. The maximum Gasteiger partial charge on any atom is 0.261 e. The van der Waals surface area contributed by atoms with Crippen LogP contribution in [-0.2, 0) is 19.4 Å². The normalized spacial score (nSPS) is 15.2. The first kappa shape index (κ1) is 12.4. The van der Waals surface area contributed by atoms with Crippen LogP contribution in [0.2, 0.25) is 0 Å². The van der Waals surface area contributed by atoms with Crippen LogP contribution in [0.3, 0.4) is 0 Å². The van der Waals surface area contributed by atoms with E-state index >= 15 is 0 Å². The molecule has 1 unspecified atom stereocenters. The van der Waals surface area contributed by atoms with E-state index in [9.17, 15) is 4.79 Å². The van der Waals surface area contributed by atoms with Crippen molar-refractivity contribution in [1.29, 1.82) is 0 Å². The average Bonchev–Trinajstić information content (AvgIpc) is 3.02. The van der Waals surface area contributed by atoms with Crippen LogP contribution < -0.4 is 5.32 Å². The number of aromatic nitrogens is 2. The van der Waals surface area contributed by atoms with Gasteiger partial charge in [0, 0.05) is 29.9 Å². The van der Waals surface area contributed by atoms with Gasteiger partial charge in [-0.25, -0.2) is 4.98 Å². The highest BCUT2D eigenvalue weighted by molar-refractivity contribution is 7.14. The van der Waals surface area contributed by atoms with Crippen LogP contribution in [0, 0.1) is 0 Å². The molecule has 1 atom stereocenters. The molecule has 0 bridgehead atoms. The minimum absolute atomic E-state index is 0.0482. The molecule has 1 aliphatic rings. The van der Waals surface area contributed by atoms with Crippen molar-refractivity contribution in [2.75, 3.05) is 0 Å². The van der Waals surface area contributed by atoms with E-state index in [1.54, 1.807) is 23.9 Å². The van der Waals surface area contributed by atoms with Gasteiger partial charge in [-0.2, -0.15) is 0 Å². The van der Waals surface area contributed by atoms with Crippen LogP contribution in [0.4, 0.5) is 0 Å². The van der Waals surface area contributed by atoms with Crippen molar-refractivity contribution < 1.29 is 4.79 Å². The van der Waals surface area contributed by atoms with Gasteiger partial charge in [-0.3, -0.25) is 4.79 Å². The third-order valence-electron chi connectivity index (χ3n) is 3.39. The van der Waals surface area contributed by atoms with Gasteiger partial charge in [-0.15, -0.1) is 11.3 Å². The van der Waals surface area contributed by atoms with Crippen LogP contribution in [0.25, 0.3) is 0 Å². The van der Waals surface area contributed by atoms with Crippen molar-refractivity contribution >= 4 is 17.2 Å². The lowest BCUT2D eigenvalue weighted by Gasteiger charge is -2.13. The second-order valence-electron chi connectivity index (χ2n) is 5.05. The van der Waals surface area contributed by atoms with E-state index in [1.165, 1.54) is 16.9 Å². The summed E-state index contributed by atoms with van der Waals surface area (Å²) in [6.07, 6.45) is 8.92. The van der Waals surface area contributed by atoms with Crippen LogP contribution >= 0.6 is 11.3 Å². The first-order valence-electron chi connectivity index (χ1n) is 6.60. The first-order valence-corrected chi connectivity index (χ1v) is 7.42. The van der Waals surface area contributed by atoms with E-state index in [0.29, 0.717) is 0 Å². The van der Waals surface area contributed by atoms with E-state index in [-0.39, 0.29) is 11.9 Å². The number of nitrogens with one attached hydrogen (secondary N) is 1. The number of carbonyl (C=O) groups excluding carboxylic acids is 1. The molecule has 0 fully saturated rings. The number of amides is 1. The number of imidazole rings is 1. The van der Waals surface area contributed by atoms with Crippen LogP contribution in [0.15, 0.2) is 24.8 Å². The Kier molecular flexibility index (Phi) is 3.38. The molecule has 0 aromatic carbocycles. The van der Waals surface area contributed by atoms with Gasteiger partial charge in [0.25, 0.3) is 5.91 Å². The molecule has 3 rings (SSSR count). The van der Waals surface area contributed by atoms with Gasteiger partial charge in [0.2, 0.25) is 0 Å². The van der Waals surface area contributed by atoms with Gasteiger partial charge in [-0.1, -0.05) is 0 Å². The number of rotatable bonds is 4. The van der Waals surface area contributed by atoms with Crippen molar-refractivity contribution in [3.05, 3.63) is 40.1 Å². The van der Waals surface area contributed by atoms with E-state index in [4.69, 9.17) is 0 Å². The fraction of sp³-hybridized carbons (Fsp3) is 0.429. The number of carbonyl (C=O) groups is 1. The number of fused-ring (bicyclic) bond motifs is 1. The van der Waals surface area contributed by atoms with Crippen molar-refractivity contribution in [1.82, 2.24) is 14.9 Å². The summed E-state index contributed by atoms with van der Waals surface area (Å²) >= 11 is 1.65. The summed E-state index contributed by atoms with van der Waals surface area (Å²) < 4.78 is 1.97. The number of nitrogens with zero attached hydrogens (tertiary/aromatic N) is 2. The van der Waals surface area contributed by atoms with Crippen molar-refractivity contribution in [2.45, 2.75) is 38.8 Å². The molecule has 0 radical (unpaired) electrons. The molecule has 19 heavy (non-hydrogen) atoms. The second kappa shape index (κ2) is 5.17. The van der Waals surface area contributed by atoms with Gasteiger partial charge in [0.15, 0.2) is 0 Å². The van der Waals surface area contributed by atoms with E-state index in [2.05, 4.69) is 16.4 Å². The third kappa shape index (κ3) is 2.71. The lowest BCUT2D eigenvalue weighted by atomic mass is 10.2. The predicted molar refractivity (Wildman–Crippen MR) is 75.5 cm³/mol. The standard InChI is InChI=1S/C14H17N3OS/c1-10(8-17-6-5-15-9-17)16-14(18)13-7-11-3-2-4-12(11)19-13/h5-7,9-10H,2-4,8H2,1H3,(H,16,18). The van der Waals surface area contributed by atoms with Gasteiger partial charge < -0.3 is 9.88 Å². The molecule has 0 saturated heterocycles. The number of thiophene rings is 1. The number of aryl methyl sites for hydroxylation is 2. The Morgan fingerprint density at radius 3 is 3.21 bits per heavy atom. The monoisotopic (exact) mass is 275 g/mol. The summed E-state index contributed by atoms with van der Waals surface area (Å²) in [5.74, 6) is 0.0482. The number of hydrogen-bond acceptors (Lipinski definition) is 3. The molecule has 100 valence electrons. The van der Waals surface area contributed by atoms with Gasteiger partial charge in [-0.05, 0) is 37.8 Å². The lowest BCUT2D eigenvalue weighted by molar-refractivity contribution is 0.0941. The summed E-state index contributed by atoms with van der Waals surface area (Å²) in [7, 11) is 0. The summed E-state index contributed by atoms with van der Waals surface area (Å²) in [6.45, 7) is 2.76. The molecule has 2 aromatic rings. The largest absolute Gasteiger partial charge is 0.347 e. The molecule has 5 heteroatoms. The SMILES string of the molecule is CC(Cn1ccnc1)NC(=O)c1cc2c(s1)CCC2. The maximum atomic E-state index is 12.2. The molecule has 1 aliphatic carbocycles. The Hall–Kier alpha value is -1.62. The Balaban J connectivity index is 1.61. The average molecular weight is 275 g/mol. The van der Waals surface area contributed by atoms with Gasteiger partial charge in [0.05, 0.1) is 11.2 Å². The second-order valence-corrected chi connectivity index (χ2v) is 6.18. The van der Waals surface area contributed by atoms with E-state index in [0.717, 1.165) is 24.3 Å². The molecule has 0 spiro atoms. The molecule has 1 amide bonds. The zero-order valence-corrected chi connectivity index (χ0v) is 11.7. The Morgan fingerprint density at radius 2 is 2.47 bits per heavy atom. The molecule has 2 aromatic heterocycles. The topological polar surface area (TPSA) is 46.9 Å².